The third kappa shape index (κ3) is 3.56. The van der Waals surface area contributed by atoms with Crippen molar-refractivity contribution in [3.8, 4) is 0 Å². The van der Waals surface area contributed by atoms with Crippen LogP contribution in [0.15, 0.2) is 29.2 Å². The summed E-state index contributed by atoms with van der Waals surface area (Å²) >= 11 is 0. The fourth-order valence-corrected chi connectivity index (χ4v) is 4.04. The average Bonchev–Trinajstić information content (AvgIpc) is 2.35. The van der Waals surface area contributed by atoms with Crippen molar-refractivity contribution in [3.63, 3.8) is 0 Å². The molecule has 0 saturated carbocycles. The van der Waals surface area contributed by atoms with Crippen molar-refractivity contribution < 1.29 is 8.42 Å². The normalized spacial score (nSPS) is 15.3. The largest absolute Gasteiger partial charge is 0.316 e. The first-order chi connectivity index (χ1) is 8.42. The maximum Gasteiger partial charge on any atom is 0.180 e. The molecule has 4 heteroatoms. The lowest BCUT2D eigenvalue weighted by molar-refractivity contribution is 0.414. The molecule has 0 spiro atoms. The Morgan fingerprint density at radius 2 is 1.89 bits per heavy atom. The molecule has 2 atom stereocenters. The Morgan fingerprint density at radius 3 is 2.39 bits per heavy atom. The Hall–Kier alpha value is -0.870. The zero-order chi connectivity index (χ0) is 13.8. The second-order valence-electron chi connectivity index (χ2n) is 4.83. The third-order valence-electron chi connectivity index (χ3n) is 3.53. The van der Waals surface area contributed by atoms with Gasteiger partial charge in [-0.05, 0) is 31.5 Å². The maximum absolute atomic E-state index is 12.4. The molecule has 0 aliphatic rings. The first-order valence-electron chi connectivity index (χ1n) is 6.38. The van der Waals surface area contributed by atoms with Crippen molar-refractivity contribution in [2.24, 2.45) is 5.92 Å². The lowest BCUT2D eigenvalue weighted by Gasteiger charge is -2.22. The van der Waals surface area contributed by atoms with Crippen molar-refractivity contribution in [3.05, 3.63) is 29.8 Å². The standard InChI is InChI=1S/C14H23NO2S/c1-5-11(2)13(15-4)10-18(16,17)14-9-7-6-8-12(14)3/h6-9,11,13,15H,5,10H2,1-4H3. The van der Waals surface area contributed by atoms with Crippen molar-refractivity contribution in [1.29, 1.82) is 0 Å². The van der Waals surface area contributed by atoms with Crippen LogP contribution in [0.2, 0.25) is 0 Å². The van der Waals surface area contributed by atoms with Crippen molar-refractivity contribution in [2.45, 2.75) is 38.1 Å². The summed E-state index contributed by atoms with van der Waals surface area (Å²) in [6.07, 6.45) is 0.967. The highest BCUT2D eigenvalue weighted by Gasteiger charge is 2.24. The van der Waals surface area contributed by atoms with E-state index in [4.69, 9.17) is 0 Å². The summed E-state index contributed by atoms with van der Waals surface area (Å²) in [5.41, 5.74) is 0.816. The molecule has 0 amide bonds. The fraction of sp³-hybridized carbons (Fsp3) is 0.571. The molecule has 1 rings (SSSR count). The van der Waals surface area contributed by atoms with Crippen LogP contribution in [0.5, 0.6) is 0 Å². The number of hydrogen-bond donors (Lipinski definition) is 1. The molecule has 0 aliphatic heterocycles. The van der Waals surface area contributed by atoms with E-state index >= 15 is 0 Å². The van der Waals surface area contributed by atoms with E-state index in [0.29, 0.717) is 10.8 Å². The molecule has 102 valence electrons. The van der Waals surface area contributed by atoms with E-state index in [-0.39, 0.29) is 11.8 Å². The van der Waals surface area contributed by atoms with E-state index in [2.05, 4.69) is 19.2 Å². The van der Waals surface area contributed by atoms with Crippen LogP contribution in [-0.4, -0.2) is 27.3 Å². The predicted octanol–water partition coefficient (Wildman–Crippen LogP) is 2.40. The quantitative estimate of drug-likeness (QED) is 0.862. The van der Waals surface area contributed by atoms with Crippen molar-refractivity contribution in [2.75, 3.05) is 12.8 Å². The number of benzene rings is 1. The van der Waals surface area contributed by atoms with Gasteiger partial charge in [0.25, 0.3) is 0 Å². The number of aryl methyl sites for hydroxylation is 1. The zero-order valence-electron chi connectivity index (χ0n) is 11.6. The Morgan fingerprint density at radius 1 is 1.28 bits per heavy atom. The van der Waals surface area contributed by atoms with E-state index in [1.807, 2.05) is 26.1 Å². The highest BCUT2D eigenvalue weighted by Crippen LogP contribution is 2.19. The number of hydrogen-bond acceptors (Lipinski definition) is 3. The van der Waals surface area contributed by atoms with Gasteiger partial charge in [-0.1, -0.05) is 38.5 Å². The number of nitrogens with one attached hydrogen (secondary N) is 1. The predicted molar refractivity (Wildman–Crippen MR) is 75.5 cm³/mol. The second-order valence-corrected chi connectivity index (χ2v) is 6.83. The SMILES string of the molecule is CCC(C)C(CS(=O)(=O)c1ccccc1C)NC. The summed E-state index contributed by atoms with van der Waals surface area (Å²) in [7, 11) is -1.40. The first-order valence-corrected chi connectivity index (χ1v) is 8.03. The highest BCUT2D eigenvalue weighted by molar-refractivity contribution is 7.91. The Labute approximate surface area is 111 Å². The average molecular weight is 269 g/mol. The molecule has 3 nitrogen and oxygen atoms in total. The minimum absolute atomic E-state index is 0.000365. The molecule has 18 heavy (non-hydrogen) atoms. The van der Waals surface area contributed by atoms with Crippen LogP contribution >= 0.6 is 0 Å². The molecule has 0 aromatic heterocycles. The van der Waals surface area contributed by atoms with Gasteiger partial charge in [-0.3, -0.25) is 0 Å². The maximum atomic E-state index is 12.4. The Balaban J connectivity index is 2.98. The first kappa shape index (κ1) is 15.2. The van der Waals surface area contributed by atoms with Gasteiger partial charge in [0, 0.05) is 6.04 Å². The molecule has 0 saturated heterocycles. The molecule has 0 bridgehead atoms. The molecule has 1 N–H and O–H groups in total. The number of rotatable bonds is 6. The Bertz CT molecular complexity index is 482. The summed E-state index contributed by atoms with van der Waals surface area (Å²) < 4.78 is 24.8. The molecule has 0 aliphatic carbocycles. The van der Waals surface area contributed by atoms with Crippen LogP contribution in [0.4, 0.5) is 0 Å². The van der Waals surface area contributed by atoms with Crippen LogP contribution in [0.25, 0.3) is 0 Å². The van der Waals surface area contributed by atoms with Gasteiger partial charge < -0.3 is 5.32 Å². The zero-order valence-corrected chi connectivity index (χ0v) is 12.4. The van der Waals surface area contributed by atoms with Gasteiger partial charge in [0.1, 0.15) is 0 Å². The van der Waals surface area contributed by atoms with Crippen LogP contribution in [0, 0.1) is 12.8 Å². The molecule has 2 unspecified atom stereocenters. The van der Waals surface area contributed by atoms with E-state index in [0.717, 1.165) is 12.0 Å². The van der Waals surface area contributed by atoms with Crippen LogP contribution in [-0.2, 0) is 9.84 Å². The van der Waals surface area contributed by atoms with Gasteiger partial charge in [0.05, 0.1) is 10.6 Å². The molecule has 0 heterocycles. The number of sulfone groups is 1. The highest BCUT2D eigenvalue weighted by atomic mass is 32.2. The van der Waals surface area contributed by atoms with Gasteiger partial charge in [0.15, 0.2) is 9.84 Å². The molecular weight excluding hydrogens is 246 g/mol. The summed E-state index contributed by atoms with van der Waals surface area (Å²) in [6, 6.07) is 7.16. The molecular formula is C14H23NO2S. The van der Waals surface area contributed by atoms with Gasteiger partial charge in [0.2, 0.25) is 0 Å². The smallest absolute Gasteiger partial charge is 0.180 e. The van der Waals surface area contributed by atoms with Crippen molar-refractivity contribution >= 4 is 9.84 Å². The monoisotopic (exact) mass is 269 g/mol. The van der Waals surface area contributed by atoms with Crippen LogP contribution < -0.4 is 5.32 Å². The molecule has 0 fully saturated rings. The second kappa shape index (κ2) is 6.34. The van der Waals surface area contributed by atoms with Gasteiger partial charge >= 0.3 is 0 Å². The molecule has 1 aromatic rings. The Kier molecular flexibility index (Phi) is 5.35. The summed E-state index contributed by atoms with van der Waals surface area (Å²) in [5.74, 6) is 0.498. The molecule has 0 radical (unpaired) electrons. The minimum atomic E-state index is -3.22. The lowest BCUT2D eigenvalue weighted by atomic mass is 10.0. The van der Waals surface area contributed by atoms with E-state index in [1.54, 1.807) is 12.1 Å². The summed E-state index contributed by atoms with van der Waals surface area (Å²) in [5, 5.41) is 3.12. The van der Waals surface area contributed by atoms with Crippen LogP contribution in [0.1, 0.15) is 25.8 Å². The van der Waals surface area contributed by atoms with E-state index in [1.165, 1.54) is 0 Å². The van der Waals surface area contributed by atoms with Gasteiger partial charge in [-0.2, -0.15) is 0 Å². The minimum Gasteiger partial charge on any atom is -0.316 e. The summed E-state index contributed by atoms with van der Waals surface area (Å²) in [4.78, 5) is 0.452. The van der Waals surface area contributed by atoms with E-state index in [9.17, 15) is 8.42 Å². The lowest BCUT2D eigenvalue weighted by Crippen LogP contribution is -2.38. The topological polar surface area (TPSA) is 46.2 Å². The van der Waals surface area contributed by atoms with Crippen LogP contribution in [0.3, 0.4) is 0 Å². The molecule has 1 aromatic carbocycles. The van der Waals surface area contributed by atoms with Gasteiger partial charge in [-0.25, -0.2) is 8.42 Å². The third-order valence-corrected chi connectivity index (χ3v) is 5.46. The fourth-order valence-electron chi connectivity index (χ4n) is 2.05. The van der Waals surface area contributed by atoms with Gasteiger partial charge in [-0.15, -0.1) is 0 Å². The summed E-state index contributed by atoms with van der Waals surface area (Å²) in [6.45, 7) is 5.99. The van der Waals surface area contributed by atoms with E-state index < -0.39 is 9.84 Å². The van der Waals surface area contributed by atoms with Crippen molar-refractivity contribution in [1.82, 2.24) is 5.32 Å².